The van der Waals surface area contributed by atoms with E-state index in [2.05, 4.69) is 59.4 Å². The molecule has 2 aliphatic rings. The summed E-state index contributed by atoms with van der Waals surface area (Å²) in [5.74, 6) is 0. The van der Waals surface area contributed by atoms with Gasteiger partial charge in [0, 0.05) is 44.8 Å². The number of nitrogens with zero attached hydrogens (tertiary/aromatic N) is 3. The number of benzene rings is 1. The molecule has 0 radical (unpaired) electrons. The molecule has 0 aliphatic carbocycles. The maximum absolute atomic E-state index is 12.6. The number of carbonyl (C=O) groups excluding carboxylic acids is 1. The average Bonchev–Trinajstić information content (AvgIpc) is 3.10. The van der Waals surface area contributed by atoms with Crippen LogP contribution in [0.25, 0.3) is 0 Å². The third kappa shape index (κ3) is 5.21. The number of hydrogen-bond acceptors (Lipinski definition) is 3. The number of carbonyl (C=O) groups is 1. The molecule has 3 rings (SSSR count). The largest absolute Gasteiger partial charge is 0.334 e. The number of urea groups is 1. The summed E-state index contributed by atoms with van der Waals surface area (Å²) >= 11 is 0. The van der Waals surface area contributed by atoms with Gasteiger partial charge in [-0.15, -0.1) is 0 Å². The van der Waals surface area contributed by atoms with E-state index in [1.54, 1.807) is 0 Å². The molecule has 144 valence electrons. The molecular formula is C21H34N4O. The van der Waals surface area contributed by atoms with Crippen molar-refractivity contribution in [2.24, 2.45) is 0 Å². The summed E-state index contributed by atoms with van der Waals surface area (Å²) in [5, 5.41) is 3.25. The Morgan fingerprint density at radius 3 is 2.58 bits per heavy atom. The lowest BCUT2D eigenvalue weighted by Gasteiger charge is -2.37. The van der Waals surface area contributed by atoms with E-state index in [0.717, 1.165) is 58.5 Å². The van der Waals surface area contributed by atoms with Crippen LogP contribution in [-0.2, 0) is 6.54 Å². The second kappa shape index (κ2) is 9.38. The molecule has 2 amide bonds. The van der Waals surface area contributed by atoms with E-state index in [1.807, 2.05) is 4.90 Å². The van der Waals surface area contributed by atoms with E-state index in [1.165, 1.54) is 12.0 Å². The van der Waals surface area contributed by atoms with Gasteiger partial charge in [0.25, 0.3) is 0 Å². The number of likely N-dealkylation sites (tertiary alicyclic amines) is 2. The molecule has 0 aromatic heterocycles. The van der Waals surface area contributed by atoms with Crippen LogP contribution in [0.3, 0.4) is 0 Å². The molecule has 2 fully saturated rings. The van der Waals surface area contributed by atoms with E-state index in [0.29, 0.717) is 12.1 Å². The molecule has 0 saturated carbocycles. The van der Waals surface area contributed by atoms with Crippen LogP contribution in [0.15, 0.2) is 30.3 Å². The van der Waals surface area contributed by atoms with Crippen molar-refractivity contribution in [1.82, 2.24) is 20.0 Å². The summed E-state index contributed by atoms with van der Waals surface area (Å²) in [6.45, 7) is 8.19. The van der Waals surface area contributed by atoms with Crippen LogP contribution in [-0.4, -0.2) is 72.6 Å². The van der Waals surface area contributed by atoms with Crippen molar-refractivity contribution >= 4 is 6.03 Å². The molecule has 2 aliphatic heterocycles. The SMILES string of the molecule is CCCN1CC[C@@H](NC(=O)N2CCC(N(C)Cc3ccccc3)CC2)C1. The Morgan fingerprint density at radius 1 is 1.15 bits per heavy atom. The minimum Gasteiger partial charge on any atom is -0.334 e. The van der Waals surface area contributed by atoms with Crippen molar-refractivity contribution in [2.45, 2.75) is 51.2 Å². The van der Waals surface area contributed by atoms with Crippen molar-refractivity contribution < 1.29 is 4.79 Å². The van der Waals surface area contributed by atoms with E-state index in [-0.39, 0.29) is 6.03 Å². The standard InChI is InChI=1S/C21H34N4O/c1-3-12-24-13-9-19(17-24)22-21(26)25-14-10-20(11-15-25)23(2)16-18-7-5-4-6-8-18/h4-8,19-20H,3,9-17H2,1-2H3,(H,22,26)/t19-/m1/s1. The summed E-state index contributed by atoms with van der Waals surface area (Å²) in [6.07, 6.45) is 4.39. The minimum atomic E-state index is 0.137. The quantitative estimate of drug-likeness (QED) is 0.850. The van der Waals surface area contributed by atoms with Crippen LogP contribution >= 0.6 is 0 Å². The number of rotatable bonds is 6. The molecule has 1 atom stereocenters. The zero-order valence-electron chi connectivity index (χ0n) is 16.4. The predicted octanol–water partition coefficient (Wildman–Crippen LogP) is 2.78. The maximum atomic E-state index is 12.6. The van der Waals surface area contributed by atoms with Gasteiger partial charge in [-0.1, -0.05) is 37.3 Å². The van der Waals surface area contributed by atoms with Crippen molar-refractivity contribution in [2.75, 3.05) is 39.8 Å². The highest BCUT2D eigenvalue weighted by atomic mass is 16.2. The smallest absolute Gasteiger partial charge is 0.317 e. The van der Waals surface area contributed by atoms with Crippen molar-refractivity contribution in [3.8, 4) is 0 Å². The van der Waals surface area contributed by atoms with Crippen LogP contribution in [0.5, 0.6) is 0 Å². The zero-order chi connectivity index (χ0) is 18.4. The molecule has 0 bridgehead atoms. The second-order valence-corrected chi connectivity index (χ2v) is 7.85. The first-order chi connectivity index (χ1) is 12.7. The van der Waals surface area contributed by atoms with Gasteiger partial charge in [0.05, 0.1) is 0 Å². The number of amides is 2. The first-order valence-electron chi connectivity index (χ1n) is 10.2. The topological polar surface area (TPSA) is 38.8 Å². The molecule has 0 spiro atoms. The number of hydrogen-bond donors (Lipinski definition) is 1. The fourth-order valence-corrected chi connectivity index (χ4v) is 4.25. The normalized spacial score (nSPS) is 22.1. The minimum absolute atomic E-state index is 0.137. The fraction of sp³-hybridized carbons (Fsp3) is 0.667. The summed E-state index contributed by atoms with van der Waals surface area (Å²) in [5.41, 5.74) is 1.35. The Balaban J connectivity index is 1.40. The van der Waals surface area contributed by atoms with Gasteiger partial charge in [-0.05, 0) is 44.8 Å². The Hall–Kier alpha value is -1.59. The van der Waals surface area contributed by atoms with Gasteiger partial charge in [0.1, 0.15) is 0 Å². The monoisotopic (exact) mass is 358 g/mol. The van der Waals surface area contributed by atoms with E-state index in [4.69, 9.17) is 0 Å². The molecule has 26 heavy (non-hydrogen) atoms. The Kier molecular flexibility index (Phi) is 6.92. The molecule has 5 nitrogen and oxygen atoms in total. The van der Waals surface area contributed by atoms with Crippen LogP contribution in [0.4, 0.5) is 4.79 Å². The molecule has 1 N–H and O–H groups in total. The molecule has 1 aromatic carbocycles. The van der Waals surface area contributed by atoms with Gasteiger partial charge in [0.2, 0.25) is 0 Å². The molecule has 5 heteroatoms. The van der Waals surface area contributed by atoms with Gasteiger partial charge < -0.3 is 15.1 Å². The van der Waals surface area contributed by atoms with Crippen LogP contribution in [0, 0.1) is 0 Å². The van der Waals surface area contributed by atoms with Gasteiger partial charge >= 0.3 is 6.03 Å². The van der Waals surface area contributed by atoms with Gasteiger partial charge in [0.15, 0.2) is 0 Å². The van der Waals surface area contributed by atoms with E-state index < -0.39 is 0 Å². The number of piperidine rings is 1. The van der Waals surface area contributed by atoms with Crippen molar-refractivity contribution in [3.05, 3.63) is 35.9 Å². The molecule has 1 aromatic rings. The third-order valence-corrected chi connectivity index (χ3v) is 5.79. The van der Waals surface area contributed by atoms with Crippen LogP contribution in [0.1, 0.15) is 38.2 Å². The zero-order valence-corrected chi connectivity index (χ0v) is 16.4. The highest BCUT2D eigenvalue weighted by molar-refractivity contribution is 5.74. The first-order valence-corrected chi connectivity index (χ1v) is 10.2. The van der Waals surface area contributed by atoms with Gasteiger partial charge in [-0.2, -0.15) is 0 Å². The molecular weight excluding hydrogens is 324 g/mol. The van der Waals surface area contributed by atoms with Crippen molar-refractivity contribution in [3.63, 3.8) is 0 Å². The predicted molar refractivity (Wildman–Crippen MR) is 106 cm³/mol. The summed E-state index contributed by atoms with van der Waals surface area (Å²) in [7, 11) is 2.20. The Morgan fingerprint density at radius 2 is 1.88 bits per heavy atom. The number of nitrogens with one attached hydrogen (secondary N) is 1. The lowest BCUT2D eigenvalue weighted by Crippen LogP contribution is -2.51. The average molecular weight is 359 g/mol. The van der Waals surface area contributed by atoms with Crippen molar-refractivity contribution in [1.29, 1.82) is 0 Å². The highest BCUT2D eigenvalue weighted by Crippen LogP contribution is 2.18. The van der Waals surface area contributed by atoms with E-state index >= 15 is 0 Å². The van der Waals surface area contributed by atoms with Gasteiger partial charge in [-0.25, -0.2) is 4.79 Å². The molecule has 2 heterocycles. The van der Waals surface area contributed by atoms with Crippen LogP contribution < -0.4 is 5.32 Å². The lowest BCUT2D eigenvalue weighted by molar-refractivity contribution is 0.129. The summed E-state index contributed by atoms with van der Waals surface area (Å²) in [4.78, 5) is 19.5. The van der Waals surface area contributed by atoms with Crippen LogP contribution in [0.2, 0.25) is 0 Å². The Labute approximate surface area is 158 Å². The second-order valence-electron chi connectivity index (χ2n) is 7.85. The summed E-state index contributed by atoms with van der Waals surface area (Å²) in [6, 6.07) is 11.6. The lowest BCUT2D eigenvalue weighted by atomic mass is 10.0. The molecule has 2 saturated heterocycles. The van der Waals surface area contributed by atoms with E-state index in [9.17, 15) is 4.79 Å². The fourth-order valence-electron chi connectivity index (χ4n) is 4.25. The first kappa shape index (κ1) is 19.2. The summed E-state index contributed by atoms with van der Waals surface area (Å²) < 4.78 is 0. The van der Waals surface area contributed by atoms with Gasteiger partial charge in [-0.3, -0.25) is 4.90 Å². The third-order valence-electron chi connectivity index (χ3n) is 5.79. The molecule has 0 unspecified atom stereocenters. The highest BCUT2D eigenvalue weighted by Gasteiger charge is 2.28. The Bertz CT molecular complexity index is 556. The maximum Gasteiger partial charge on any atom is 0.317 e.